The number of aryl methyl sites for hydroxylation is 2. The Balaban J connectivity index is 2.13. The van der Waals surface area contributed by atoms with Gasteiger partial charge < -0.3 is 5.11 Å². The molecule has 102 valence electrons. The van der Waals surface area contributed by atoms with E-state index in [1.807, 2.05) is 25.1 Å². The third kappa shape index (κ3) is 3.68. The molecule has 1 heterocycles. The molecule has 2 rings (SSSR count). The molecule has 0 fully saturated rings. The number of benzene rings is 1. The van der Waals surface area contributed by atoms with Gasteiger partial charge >= 0.3 is 0 Å². The van der Waals surface area contributed by atoms with Crippen LogP contribution < -0.4 is 0 Å². The lowest BCUT2D eigenvalue weighted by atomic mass is 10.0. The minimum Gasteiger partial charge on any atom is -0.383 e. The average molecular weight is 339 g/mol. The molecular formula is C16H19BrOS. The van der Waals surface area contributed by atoms with Crippen LogP contribution in [0.2, 0.25) is 0 Å². The van der Waals surface area contributed by atoms with Gasteiger partial charge in [0.2, 0.25) is 0 Å². The first kappa shape index (κ1) is 14.8. The Kier molecular flexibility index (Phi) is 5.20. The number of unbranched alkanes of at least 4 members (excludes halogenated alkanes) is 1. The van der Waals surface area contributed by atoms with E-state index in [2.05, 4.69) is 35.0 Å². The van der Waals surface area contributed by atoms with Gasteiger partial charge in [0.1, 0.15) is 6.10 Å². The summed E-state index contributed by atoms with van der Waals surface area (Å²) in [7, 11) is 0. The highest BCUT2D eigenvalue weighted by Crippen LogP contribution is 2.34. The van der Waals surface area contributed by atoms with Gasteiger partial charge in [-0.3, -0.25) is 0 Å². The molecule has 0 aliphatic carbocycles. The monoisotopic (exact) mass is 338 g/mol. The number of aliphatic hydroxyl groups is 1. The molecule has 1 atom stereocenters. The van der Waals surface area contributed by atoms with Crippen molar-refractivity contribution in [1.82, 2.24) is 0 Å². The van der Waals surface area contributed by atoms with E-state index in [0.717, 1.165) is 20.6 Å². The summed E-state index contributed by atoms with van der Waals surface area (Å²) in [6, 6.07) is 10.4. The van der Waals surface area contributed by atoms with Gasteiger partial charge in [-0.05, 0) is 58.5 Å². The third-order valence-electron chi connectivity index (χ3n) is 3.26. The molecule has 1 nitrogen and oxygen atoms in total. The molecule has 0 bridgehead atoms. The summed E-state index contributed by atoms with van der Waals surface area (Å²) >= 11 is 5.11. The zero-order valence-corrected chi connectivity index (χ0v) is 13.7. The second kappa shape index (κ2) is 6.69. The van der Waals surface area contributed by atoms with E-state index in [-0.39, 0.29) is 0 Å². The first-order valence-corrected chi connectivity index (χ1v) is 8.25. The second-order valence-electron chi connectivity index (χ2n) is 4.85. The zero-order chi connectivity index (χ0) is 13.8. The number of thiophene rings is 1. The normalized spacial score (nSPS) is 12.6. The maximum Gasteiger partial charge on any atom is 0.113 e. The second-order valence-corrected chi connectivity index (χ2v) is 7.25. The van der Waals surface area contributed by atoms with E-state index >= 15 is 0 Å². The van der Waals surface area contributed by atoms with Crippen LogP contribution in [0.5, 0.6) is 0 Å². The molecular weight excluding hydrogens is 320 g/mol. The molecule has 1 aromatic carbocycles. The number of hydrogen-bond donors (Lipinski definition) is 1. The van der Waals surface area contributed by atoms with Crippen molar-refractivity contribution in [2.24, 2.45) is 0 Å². The Morgan fingerprint density at radius 2 is 1.95 bits per heavy atom. The third-order valence-corrected chi connectivity index (χ3v) is 5.45. The first-order valence-electron chi connectivity index (χ1n) is 6.64. The Bertz CT molecular complexity index is 511. The Labute approximate surface area is 127 Å². The molecule has 0 amide bonds. The number of aliphatic hydroxyl groups excluding tert-OH is 1. The maximum atomic E-state index is 10.4. The van der Waals surface area contributed by atoms with Crippen LogP contribution in [0.4, 0.5) is 0 Å². The summed E-state index contributed by atoms with van der Waals surface area (Å²) < 4.78 is 1.10. The average Bonchev–Trinajstić information content (AvgIpc) is 2.76. The minimum absolute atomic E-state index is 0.518. The van der Waals surface area contributed by atoms with Crippen LogP contribution in [0.25, 0.3) is 0 Å². The largest absolute Gasteiger partial charge is 0.383 e. The van der Waals surface area contributed by atoms with Gasteiger partial charge in [-0.15, -0.1) is 11.3 Å². The highest BCUT2D eigenvalue weighted by Gasteiger charge is 2.14. The van der Waals surface area contributed by atoms with Crippen molar-refractivity contribution in [2.45, 2.75) is 39.2 Å². The first-order chi connectivity index (χ1) is 9.11. The van der Waals surface area contributed by atoms with Crippen molar-refractivity contribution in [3.8, 4) is 0 Å². The zero-order valence-electron chi connectivity index (χ0n) is 11.3. The van der Waals surface area contributed by atoms with Gasteiger partial charge in [0.05, 0.1) is 3.79 Å². The summed E-state index contributed by atoms with van der Waals surface area (Å²) in [5, 5.41) is 10.4. The summed E-state index contributed by atoms with van der Waals surface area (Å²) in [6.07, 6.45) is 3.04. The lowest BCUT2D eigenvalue weighted by molar-refractivity contribution is 0.224. The predicted molar refractivity (Wildman–Crippen MR) is 85.9 cm³/mol. The SMILES string of the molecule is CCCCc1ccc(C(O)c2cc(C)c(Br)s2)cc1. The van der Waals surface area contributed by atoms with E-state index < -0.39 is 6.10 Å². The van der Waals surface area contributed by atoms with Gasteiger partial charge in [0, 0.05) is 4.88 Å². The van der Waals surface area contributed by atoms with E-state index in [0.29, 0.717) is 0 Å². The molecule has 0 saturated heterocycles. The van der Waals surface area contributed by atoms with Gasteiger partial charge in [-0.1, -0.05) is 37.6 Å². The molecule has 1 aromatic heterocycles. The Morgan fingerprint density at radius 1 is 1.26 bits per heavy atom. The fourth-order valence-electron chi connectivity index (χ4n) is 2.03. The molecule has 0 aliphatic rings. The smallest absolute Gasteiger partial charge is 0.113 e. The lowest BCUT2D eigenvalue weighted by Crippen LogP contribution is -1.97. The van der Waals surface area contributed by atoms with Crippen LogP contribution in [-0.4, -0.2) is 5.11 Å². The predicted octanol–water partition coefficient (Wildman–Crippen LogP) is 5.24. The summed E-state index contributed by atoms with van der Waals surface area (Å²) in [4.78, 5) is 0.991. The summed E-state index contributed by atoms with van der Waals surface area (Å²) in [6.45, 7) is 4.25. The lowest BCUT2D eigenvalue weighted by Gasteiger charge is -2.09. The molecule has 0 aliphatic heterocycles. The summed E-state index contributed by atoms with van der Waals surface area (Å²) in [5.74, 6) is 0. The van der Waals surface area contributed by atoms with Crippen LogP contribution in [0.15, 0.2) is 34.1 Å². The van der Waals surface area contributed by atoms with Crippen LogP contribution in [-0.2, 0) is 6.42 Å². The van der Waals surface area contributed by atoms with Crippen molar-refractivity contribution in [1.29, 1.82) is 0 Å². The molecule has 0 spiro atoms. The summed E-state index contributed by atoms with van der Waals surface area (Å²) in [5.41, 5.74) is 3.49. The molecule has 2 aromatic rings. The standard InChI is InChI=1S/C16H19BrOS/c1-3-4-5-12-6-8-13(9-7-12)15(18)14-10-11(2)16(17)19-14/h6-10,15,18H,3-5H2,1-2H3. The quantitative estimate of drug-likeness (QED) is 0.789. The van der Waals surface area contributed by atoms with E-state index in [1.165, 1.54) is 24.0 Å². The molecule has 1 N–H and O–H groups in total. The number of rotatable bonds is 5. The van der Waals surface area contributed by atoms with Crippen molar-refractivity contribution in [3.63, 3.8) is 0 Å². The molecule has 1 unspecified atom stereocenters. The number of halogens is 1. The van der Waals surface area contributed by atoms with Crippen LogP contribution >= 0.6 is 27.3 Å². The topological polar surface area (TPSA) is 20.2 Å². The number of hydrogen-bond acceptors (Lipinski definition) is 2. The van der Waals surface area contributed by atoms with Gasteiger partial charge in [0.25, 0.3) is 0 Å². The molecule has 19 heavy (non-hydrogen) atoms. The maximum absolute atomic E-state index is 10.4. The Hall–Kier alpha value is -0.640. The van der Waals surface area contributed by atoms with Crippen LogP contribution in [0.1, 0.15) is 47.4 Å². The molecule has 0 radical (unpaired) electrons. The fraction of sp³-hybridized carbons (Fsp3) is 0.375. The minimum atomic E-state index is -0.518. The van der Waals surface area contributed by atoms with E-state index in [4.69, 9.17) is 0 Å². The van der Waals surface area contributed by atoms with E-state index in [9.17, 15) is 5.11 Å². The van der Waals surface area contributed by atoms with Crippen molar-refractivity contribution >= 4 is 27.3 Å². The highest BCUT2D eigenvalue weighted by atomic mass is 79.9. The molecule has 0 saturated carbocycles. The van der Waals surface area contributed by atoms with Gasteiger partial charge in [-0.25, -0.2) is 0 Å². The fourth-order valence-corrected chi connectivity index (χ4v) is 3.62. The van der Waals surface area contributed by atoms with Crippen LogP contribution in [0.3, 0.4) is 0 Å². The van der Waals surface area contributed by atoms with Crippen molar-refractivity contribution in [3.05, 3.63) is 55.7 Å². The highest BCUT2D eigenvalue weighted by molar-refractivity contribution is 9.11. The van der Waals surface area contributed by atoms with Gasteiger partial charge in [0.15, 0.2) is 0 Å². The van der Waals surface area contributed by atoms with E-state index in [1.54, 1.807) is 11.3 Å². The molecule has 3 heteroatoms. The van der Waals surface area contributed by atoms with Crippen molar-refractivity contribution in [2.75, 3.05) is 0 Å². The van der Waals surface area contributed by atoms with Gasteiger partial charge in [-0.2, -0.15) is 0 Å². The Morgan fingerprint density at radius 3 is 2.47 bits per heavy atom. The van der Waals surface area contributed by atoms with Crippen LogP contribution in [0, 0.1) is 6.92 Å². The van der Waals surface area contributed by atoms with Crippen molar-refractivity contribution < 1.29 is 5.11 Å².